The zero-order valence-electron chi connectivity index (χ0n) is 11.0. The molecule has 1 aliphatic rings. The van der Waals surface area contributed by atoms with Crippen LogP contribution in [0.2, 0.25) is 0 Å². The SMILES string of the molecule is C.C.C.CCN1CCOCC1.[CH2-]CN(C[CH2-])CC.[Y]. The van der Waals surface area contributed by atoms with Gasteiger partial charge in [-0.1, -0.05) is 36.1 Å². The largest absolute Gasteiger partial charge is 0.379 e. The molecular weight excluding hydrogens is 313 g/mol. The van der Waals surface area contributed by atoms with Crippen LogP contribution in [0.4, 0.5) is 0 Å². The molecule has 1 heterocycles. The summed E-state index contributed by atoms with van der Waals surface area (Å²) in [5.41, 5.74) is 0. The topological polar surface area (TPSA) is 15.7 Å². The van der Waals surface area contributed by atoms with Crippen LogP contribution in [0.15, 0.2) is 0 Å². The van der Waals surface area contributed by atoms with E-state index in [0.29, 0.717) is 0 Å². The molecule has 0 amide bonds. The minimum absolute atomic E-state index is 0. The van der Waals surface area contributed by atoms with Gasteiger partial charge in [0.25, 0.3) is 0 Å². The average molecular weight is 351 g/mol. The van der Waals surface area contributed by atoms with Gasteiger partial charge in [0.2, 0.25) is 0 Å². The summed E-state index contributed by atoms with van der Waals surface area (Å²) in [7, 11) is 0. The Bertz CT molecular complexity index is 122. The smallest absolute Gasteiger partial charge is 0.0594 e. The maximum absolute atomic E-state index is 5.16. The van der Waals surface area contributed by atoms with Crippen molar-refractivity contribution < 1.29 is 37.4 Å². The van der Waals surface area contributed by atoms with E-state index in [-0.39, 0.29) is 55.0 Å². The molecule has 0 unspecified atom stereocenters. The fraction of sp³-hybridized carbons (Fsp3) is 0.867. The van der Waals surface area contributed by atoms with Gasteiger partial charge in [-0.3, -0.25) is 4.90 Å². The third-order valence-electron chi connectivity index (χ3n) is 2.63. The van der Waals surface area contributed by atoms with Crippen molar-refractivity contribution in [2.24, 2.45) is 0 Å². The standard InChI is InChI=1S/C6H13NO.C6H13N.3CH4.Y/c1-2-7-3-5-8-6-4-7;1-4-7(5-2)6-3;;;;/h2-6H2,1H3;1-2,4-6H2,3H3;3*1H4;/q;-2;;;;. The maximum atomic E-state index is 5.16. The normalized spacial score (nSPS) is 13.7. The van der Waals surface area contributed by atoms with Gasteiger partial charge in [0.05, 0.1) is 13.2 Å². The molecule has 119 valence electrons. The molecule has 4 heteroatoms. The predicted molar refractivity (Wildman–Crippen MR) is 86.0 cm³/mol. The van der Waals surface area contributed by atoms with Crippen LogP contribution in [0.25, 0.3) is 0 Å². The summed E-state index contributed by atoms with van der Waals surface area (Å²) in [5, 5.41) is 0. The van der Waals surface area contributed by atoms with Crippen LogP contribution < -0.4 is 0 Å². The fourth-order valence-corrected chi connectivity index (χ4v) is 1.35. The van der Waals surface area contributed by atoms with E-state index in [1.54, 1.807) is 0 Å². The van der Waals surface area contributed by atoms with Crippen molar-refractivity contribution in [3.05, 3.63) is 13.8 Å². The fourth-order valence-electron chi connectivity index (χ4n) is 1.35. The van der Waals surface area contributed by atoms with Gasteiger partial charge in [-0.05, 0) is 13.1 Å². The van der Waals surface area contributed by atoms with Crippen LogP contribution in [0.5, 0.6) is 0 Å². The van der Waals surface area contributed by atoms with Crippen molar-refractivity contribution in [3.63, 3.8) is 0 Å². The van der Waals surface area contributed by atoms with Crippen molar-refractivity contribution in [1.82, 2.24) is 9.80 Å². The van der Waals surface area contributed by atoms with E-state index in [4.69, 9.17) is 4.74 Å². The van der Waals surface area contributed by atoms with E-state index >= 15 is 0 Å². The van der Waals surface area contributed by atoms with Crippen molar-refractivity contribution in [1.29, 1.82) is 0 Å². The van der Waals surface area contributed by atoms with Crippen LogP contribution >= 0.6 is 0 Å². The third kappa shape index (κ3) is 19.0. The summed E-state index contributed by atoms with van der Waals surface area (Å²) in [6, 6.07) is 0. The van der Waals surface area contributed by atoms with Crippen LogP contribution in [-0.4, -0.2) is 62.3 Å². The Hall–Kier alpha value is 0.984. The van der Waals surface area contributed by atoms with Crippen molar-refractivity contribution in [2.45, 2.75) is 36.1 Å². The second kappa shape index (κ2) is 24.0. The van der Waals surface area contributed by atoms with Gasteiger partial charge in [0.1, 0.15) is 0 Å². The van der Waals surface area contributed by atoms with Crippen LogP contribution in [0, 0.1) is 13.8 Å². The molecule has 1 rings (SSSR count). The molecular formula is C15H38N2OY-2. The molecule has 0 aliphatic carbocycles. The van der Waals surface area contributed by atoms with Gasteiger partial charge >= 0.3 is 0 Å². The molecule has 1 aliphatic heterocycles. The Labute approximate surface area is 149 Å². The number of hydrogen-bond donors (Lipinski definition) is 0. The third-order valence-corrected chi connectivity index (χ3v) is 2.63. The Morgan fingerprint density at radius 2 is 1.42 bits per heavy atom. The van der Waals surface area contributed by atoms with E-state index in [2.05, 4.69) is 37.5 Å². The quantitative estimate of drug-likeness (QED) is 0.724. The van der Waals surface area contributed by atoms with E-state index in [1.807, 2.05) is 0 Å². The summed E-state index contributed by atoms with van der Waals surface area (Å²) < 4.78 is 5.16. The Morgan fingerprint density at radius 3 is 1.58 bits per heavy atom. The zero-order valence-corrected chi connectivity index (χ0v) is 13.8. The molecule has 0 aromatic rings. The molecule has 0 saturated carbocycles. The van der Waals surface area contributed by atoms with Gasteiger partial charge in [0, 0.05) is 45.8 Å². The Kier molecular flexibility index (Phi) is 40.6. The molecule has 3 nitrogen and oxygen atoms in total. The van der Waals surface area contributed by atoms with Crippen molar-refractivity contribution >= 4 is 0 Å². The summed E-state index contributed by atoms with van der Waals surface area (Å²) in [4.78, 5) is 4.55. The zero-order chi connectivity index (χ0) is 11.5. The molecule has 19 heavy (non-hydrogen) atoms. The number of rotatable bonds is 4. The molecule has 0 atom stereocenters. The number of nitrogens with zero attached hydrogens (tertiary/aromatic N) is 2. The maximum Gasteiger partial charge on any atom is 0.0594 e. The molecule has 1 fully saturated rings. The number of hydrogen-bond acceptors (Lipinski definition) is 3. The number of likely N-dealkylation sites (N-methyl/N-ethyl adjacent to an activating group) is 1. The molecule has 0 N–H and O–H groups in total. The van der Waals surface area contributed by atoms with Gasteiger partial charge < -0.3 is 23.5 Å². The number of morpholine rings is 1. The monoisotopic (exact) mass is 351 g/mol. The van der Waals surface area contributed by atoms with E-state index in [0.717, 1.165) is 45.9 Å². The minimum atomic E-state index is 0. The van der Waals surface area contributed by atoms with E-state index in [9.17, 15) is 0 Å². The van der Waals surface area contributed by atoms with Crippen LogP contribution in [0.3, 0.4) is 0 Å². The summed E-state index contributed by atoms with van der Waals surface area (Å²) in [5.74, 6) is 0. The molecule has 0 bridgehead atoms. The van der Waals surface area contributed by atoms with Gasteiger partial charge in [-0.25, -0.2) is 0 Å². The molecule has 0 aromatic heterocycles. The Morgan fingerprint density at radius 1 is 1.00 bits per heavy atom. The first-order chi connectivity index (χ1) is 7.28. The first-order valence-corrected chi connectivity index (χ1v) is 5.89. The van der Waals surface area contributed by atoms with Gasteiger partial charge in [-0.15, -0.1) is 13.1 Å². The van der Waals surface area contributed by atoms with Gasteiger partial charge in [-0.2, -0.15) is 0 Å². The average Bonchev–Trinajstić information content (AvgIpc) is 2.33. The van der Waals surface area contributed by atoms with E-state index < -0.39 is 0 Å². The first kappa shape index (κ1) is 32.1. The predicted octanol–water partition coefficient (Wildman–Crippen LogP) is 3.22. The van der Waals surface area contributed by atoms with Crippen molar-refractivity contribution in [2.75, 3.05) is 52.5 Å². The number of ether oxygens (including phenoxy) is 1. The molecule has 0 spiro atoms. The summed E-state index contributed by atoms with van der Waals surface area (Å²) in [6.45, 7) is 19.8. The second-order valence-electron chi connectivity index (χ2n) is 3.48. The Balaban J connectivity index is -0.0000000573. The van der Waals surface area contributed by atoms with E-state index in [1.165, 1.54) is 6.54 Å². The van der Waals surface area contributed by atoms with Gasteiger partial charge in [0.15, 0.2) is 0 Å². The minimum Gasteiger partial charge on any atom is -0.379 e. The van der Waals surface area contributed by atoms with Crippen LogP contribution in [0.1, 0.15) is 36.1 Å². The summed E-state index contributed by atoms with van der Waals surface area (Å²) in [6.07, 6.45) is 0. The summed E-state index contributed by atoms with van der Waals surface area (Å²) >= 11 is 0. The second-order valence-corrected chi connectivity index (χ2v) is 3.48. The van der Waals surface area contributed by atoms with Crippen LogP contribution in [-0.2, 0) is 37.4 Å². The molecule has 1 saturated heterocycles. The van der Waals surface area contributed by atoms with Crippen molar-refractivity contribution in [3.8, 4) is 0 Å². The molecule has 0 aromatic carbocycles. The first-order valence-electron chi connectivity index (χ1n) is 5.89. The molecule has 1 radical (unpaired) electrons.